The van der Waals surface area contributed by atoms with Crippen molar-refractivity contribution < 1.29 is 33.9 Å². The number of nitrogens with zero attached hydrogens (tertiary/aromatic N) is 1. The molecule has 0 spiro atoms. The van der Waals surface area contributed by atoms with Crippen molar-refractivity contribution in [2.24, 2.45) is 29.4 Å². The number of likely N-dealkylation sites (N-methyl/N-ethyl adjacent to an activating group) is 1. The van der Waals surface area contributed by atoms with Gasteiger partial charge in [0.25, 0.3) is 0 Å². The van der Waals surface area contributed by atoms with Crippen LogP contribution in [-0.2, 0) is 25.6 Å². The lowest BCUT2D eigenvalue weighted by atomic mass is 9.52. The van der Waals surface area contributed by atoms with Gasteiger partial charge in [-0.05, 0) is 45.3 Å². The summed E-state index contributed by atoms with van der Waals surface area (Å²) in [5.41, 5.74) is 3.52. The number of Topliss-reactive ketones (excluding diaryl/α,β-unsaturated/α-hetero) is 5. The van der Waals surface area contributed by atoms with Crippen LogP contribution >= 0.6 is 0 Å². The van der Waals surface area contributed by atoms with Gasteiger partial charge in [0.1, 0.15) is 0 Å². The molecule has 3 aliphatic carbocycles. The van der Waals surface area contributed by atoms with Gasteiger partial charge < -0.3 is 10.8 Å². The van der Waals surface area contributed by atoms with E-state index in [9.17, 15) is 33.9 Å². The van der Waals surface area contributed by atoms with Gasteiger partial charge in [-0.15, -0.1) is 0 Å². The maximum atomic E-state index is 13.6. The minimum atomic E-state index is -2.69. The number of aliphatic hydroxyl groups is 1. The van der Waals surface area contributed by atoms with Crippen LogP contribution < -0.4 is 5.73 Å². The molecule has 0 radical (unpaired) electrons. The lowest BCUT2D eigenvalue weighted by Crippen LogP contribution is -2.74. The number of benzene rings is 1. The maximum Gasteiger partial charge on any atom is 0.235 e. The summed E-state index contributed by atoms with van der Waals surface area (Å²) in [4.78, 5) is 78.6. The Labute approximate surface area is 183 Å². The quantitative estimate of drug-likeness (QED) is 0.465. The highest BCUT2D eigenvalue weighted by Crippen LogP contribution is 2.50. The van der Waals surface area contributed by atoms with E-state index in [2.05, 4.69) is 0 Å². The number of carbonyl (C=O) groups is 6. The number of primary amides is 1. The normalized spacial score (nSPS) is 34.1. The van der Waals surface area contributed by atoms with Crippen molar-refractivity contribution in [3.05, 3.63) is 34.9 Å². The summed E-state index contributed by atoms with van der Waals surface area (Å²) in [5, 5.41) is 11.5. The average molecular weight is 440 g/mol. The molecule has 0 aromatic heterocycles. The molecule has 3 aliphatic rings. The Morgan fingerprint density at radius 2 is 1.78 bits per heavy atom. The van der Waals surface area contributed by atoms with Crippen LogP contribution in [0.2, 0.25) is 0 Å². The Morgan fingerprint density at radius 3 is 2.34 bits per heavy atom. The fourth-order valence-corrected chi connectivity index (χ4v) is 5.86. The summed E-state index contributed by atoms with van der Waals surface area (Å²) in [6.07, 6.45) is 0.334. The summed E-state index contributed by atoms with van der Waals surface area (Å²) in [6.45, 7) is 1.32. The fraction of sp³-hybridized carbons (Fsp3) is 0.478. The van der Waals surface area contributed by atoms with E-state index in [4.69, 9.17) is 5.73 Å². The number of hydrogen-bond donors (Lipinski definition) is 2. The molecule has 0 saturated heterocycles. The zero-order valence-electron chi connectivity index (χ0n) is 18.0. The van der Waals surface area contributed by atoms with Gasteiger partial charge in [-0.3, -0.25) is 33.7 Å². The van der Waals surface area contributed by atoms with Gasteiger partial charge in [0.2, 0.25) is 5.91 Å². The van der Waals surface area contributed by atoms with Crippen molar-refractivity contribution in [3.63, 3.8) is 0 Å². The number of nitrogens with two attached hydrogens (primary N) is 1. The molecule has 0 aliphatic heterocycles. The second-order valence-corrected chi connectivity index (χ2v) is 9.19. The van der Waals surface area contributed by atoms with Crippen LogP contribution in [0.5, 0.6) is 0 Å². The molecular weight excluding hydrogens is 416 g/mol. The van der Waals surface area contributed by atoms with Crippen molar-refractivity contribution >= 4 is 34.8 Å². The van der Waals surface area contributed by atoms with Crippen LogP contribution in [0.25, 0.3) is 0 Å². The predicted octanol–water partition coefficient (Wildman–Crippen LogP) is -0.636. The first-order chi connectivity index (χ1) is 14.9. The van der Waals surface area contributed by atoms with Gasteiger partial charge in [0.05, 0.1) is 12.0 Å². The molecule has 6 atom stereocenters. The molecule has 1 aromatic rings. The van der Waals surface area contributed by atoms with E-state index in [0.29, 0.717) is 5.56 Å². The van der Waals surface area contributed by atoms with E-state index >= 15 is 0 Å². The monoisotopic (exact) mass is 440 g/mol. The molecule has 168 valence electrons. The van der Waals surface area contributed by atoms with Crippen LogP contribution in [-0.4, -0.2) is 70.6 Å². The topological polar surface area (TPSA) is 152 Å². The minimum Gasteiger partial charge on any atom is -0.374 e. The molecule has 2 fully saturated rings. The first kappa shape index (κ1) is 22.2. The van der Waals surface area contributed by atoms with Crippen molar-refractivity contribution in [3.8, 4) is 0 Å². The third kappa shape index (κ3) is 2.77. The molecule has 0 bridgehead atoms. The standard InChI is InChI=1S/C23H24N2O7/c1-9(26)12-6-4-5-10-7-11-8-13-17(25(2)3)19(28)16(22(24)31)21(30)23(13,32)20(29)15(11)18(27)14(10)12/h4-6,11,13,15-17,32H,7-8H2,1-3H3,(H2,24,31)/t11?,13?,15?,16?,17-,23-/m0/s1. The lowest BCUT2D eigenvalue weighted by molar-refractivity contribution is -0.181. The lowest BCUT2D eigenvalue weighted by Gasteiger charge is -2.52. The summed E-state index contributed by atoms with van der Waals surface area (Å²) >= 11 is 0. The highest BCUT2D eigenvalue weighted by Gasteiger charge is 2.69. The first-order valence-corrected chi connectivity index (χ1v) is 10.4. The van der Waals surface area contributed by atoms with Crippen molar-refractivity contribution in [2.45, 2.75) is 31.4 Å². The van der Waals surface area contributed by atoms with E-state index in [1.807, 2.05) is 0 Å². The zero-order chi connectivity index (χ0) is 23.7. The molecule has 4 unspecified atom stereocenters. The van der Waals surface area contributed by atoms with Crippen LogP contribution in [0, 0.1) is 23.7 Å². The summed E-state index contributed by atoms with van der Waals surface area (Å²) in [5.74, 6) is -10.2. The van der Waals surface area contributed by atoms with Crippen molar-refractivity contribution in [1.29, 1.82) is 0 Å². The molecular formula is C23H24N2O7. The van der Waals surface area contributed by atoms with Gasteiger partial charge in [0, 0.05) is 17.0 Å². The first-order valence-electron chi connectivity index (χ1n) is 10.4. The Balaban J connectivity index is 1.88. The smallest absolute Gasteiger partial charge is 0.235 e. The molecule has 9 nitrogen and oxygen atoms in total. The van der Waals surface area contributed by atoms with Gasteiger partial charge in [0.15, 0.2) is 40.4 Å². The molecule has 3 N–H and O–H groups in total. The predicted molar refractivity (Wildman–Crippen MR) is 110 cm³/mol. The Morgan fingerprint density at radius 1 is 1.12 bits per heavy atom. The largest absolute Gasteiger partial charge is 0.374 e. The third-order valence-electron chi connectivity index (χ3n) is 7.20. The molecule has 0 heterocycles. The highest BCUT2D eigenvalue weighted by atomic mass is 16.3. The number of amides is 1. The SMILES string of the molecule is CC(=O)c1cccc2c1C(=O)C1C(=O)[C@]3(O)C(=O)C(C(N)=O)C(=O)[C@@H](N(C)C)C3CC1C2. The van der Waals surface area contributed by atoms with Crippen LogP contribution in [0.15, 0.2) is 18.2 Å². The van der Waals surface area contributed by atoms with Crippen LogP contribution in [0.1, 0.15) is 39.6 Å². The molecule has 1 amide bonds. The summed E-state index contributed by atoms with van der Waals surface area (Å²) < 4.78 is 0. The third-order valence-corrected chi connectivity index (χ3v) is 7.20. The molecule has 2 saturated carbocycles. The highest BCUT2D eigenvalue weighted by molar-refractivity contribution is 6.32. The molecule has 9 heteroatoms. The molecule has 1 aromatic carbocycles. The van der Waals surface area contributed by atoms with E-state index in [-0.39, 0.29) is 29.8 Å². The van der Waals surface area contributed by atoms with Crippen molar-refractivity contribution in [2.75, 3.05) is 14.1 Å². The van der Waals surface area contributed by atoms with Crippen LogP contribution in [0.3, 0.4) is 0 Å². The van der Waals surface area contributed by atoms with Crippen molar-refractivity contribution in [1.82, 2.24) is 4.90 Å². The second kappa shape index (κ2) is 7.25. The van der Waals surface area contributed by atoms with E-state index < -0.39 is 64.4 Å². The summed E-state index contributed by atoms with van der Waals surface area (Å²) in [6, 6.07) is 3.78. The number of fused-ring (bicyclic) bond motifs is 3. The average Bonchev–Trinajstić information content (AvgIpc) is 2.69. The molecule has 32 heavy (non-hydrogen) atoms. The number of carbonyl (C=O) groups excluding carboxylic acids is 6. The Kier molecular flexibility index (Phi) is 5.02. The van der Waals surface area contributed by atoms with E-state index in [0.717, 1.165) is 0 Å². The maximum absolute atomic E-state index is 13.6. The molecule has 4 rings (SSSR count). The van der Waals surface area contributed by atoms with Gasteiger partial charge in [-0.25, -0.2) is 0 Å². The van der Waals surface area contributed by atoms with Gasteiger partial charge in [-0.1, -0.05) is 18.2 Å². The second-order valence-electron chi connectivity index (χ2n) is 9.19. The summed E-state index contributed by atoms with van der Waals surface area (Å²) in [7, 11) is 3.10. The zero-order valence-corrected chi connectivity index (χ0v) is 18.0. The van der Waals surface area contributed by atoms with E-state index in [1.54, 1.807) is 26.2 Å². The number of hydrogen-bond acceptors (Lipinski definition) is 8. The Bertz CT molecular complexity index is 1110. The number of ketones is 5. The van der Waals surface area contributed by atoms with Gasteiger partial charge in [-0.2, -0.15) is 0 Å². The van der Waals surface area contributed by atoms with Crippen LogP contribution in [0.4, 0.5) is 0 Å². The Hall–Kier alpha value is -3.04. The number of rotatable bonds is 3. The minimum absolute atomic E-state index is 0.0498. The van der Waals surface area contributed by atoms with E-state index in [1.165, 1.54) is 17.9 Å². The van der Waals surface area contributed by atoms with Gasteiger partial charge >= 0.3 is 0 Å². The fourth-order valence-electron chi connectivity index (χ4n) is 5.86.